The summed E-state index contributed by atoms with van der Waals surface area (Å²) in [7, 11) is 1.86. The Morgan fingerprint density at radius 3 is 2.81 bits per heavy atom. The first-order chi connectivity index (χ1) is 12.3. The number of piperidine rings is 1. The van der Waals surface area contributed by atoms with Gasteiger partial charge in [-0.15, -0.1) is 24.0 Å². The molecular weight excluding hydrogens is 455 g/mol. The number of aliphatic imine (C=N–C) groups is 1. The van der Waals surface area contributed by atoms with Gasteiger partial charge in [-0.05, 0) is 31.1 Å². The predicted octanol–water partition coefficient (Wildman–Crippen LogP) is 2.62. The van der Waals surface area contributed by atoms with Crippen LogP contribution in [0.4, 0.5) is 0 Å². The number of nitrogens with one attached hydrogen (secondary N) is 2. The average Bonchev–Trinajstić information content (AvgIpc) is 2.95. The lowest BCUT2D eigenvalue weighted by atomic mass is 9.78. The number of nitrogens with zero attached hydrogens (tertiary/aromatic N) is 2. The Balaban J connectivity index is 0.00000261. The number of carbonyl (C=O) groups excluding carboxylic acids is 1. The molecule has 0 bridgehead atoms. The lowest BCUT2D eigenvalue weighted by Gasteiger charge is -2.43. The van der Waals surface area contributed by atoms with E-state index in [9.17, 15) is 4.79 Å². The van der Waals surface area contributed by atoms with E-state index in [2.05, 4.69) is 41.3 Å². The average molecular weight is 492 g/mol. The zero-order valence-corrected chi connectivity index (χ0v) is 19.7. The van der Waals surface area contributed by atoms with Crippen LogP contribution in [0.15, 0.2) is 4.99 Å². The minimum absolute atomic E-state index is 0. The zero-order valence-electron chi connectivity index (χ0n) is 17.3. The number of halogens is 1. The standard InChI is InChI=1S/C20H36N4O2.HI/c1-19(2,3)17-15(7-5-10-26-17)12-22-18(21-4)24-9-6-8-20(14-24)11-16(25)23-13-20;/h15,17H,5-14H2,1-4H3,(H,21,22)(H,23,25);1H. The van der Waals surface area contributed by atoms with Gasteiger partial charge in [0.1, 0.15) is 0 Å². The summed E-state index contributed by atoms with van der Waals surface area (Å²) in [6.07, 6.45) is 5.52. The van der Waals surface area contributed by atoms with Crippen LogP contribution in [0.5, 0.6) is 0 Å². The number of hydrogen-bond donors (Lipinski definition) is 2. The van der Waals surface area contributed by atoms with Crippen LogP contribution < -0.4 is 10.6 Å². The Morgan fingerprint density at radius 2 is 2.19 bits per heavy atom. The molecule has 1 spiro atoms. The summed E-state index contributed by atoms with van der Waals surface area (Å²) in [5.74, 6) is 1.68. The van der Waals surface area contributed by atoms with Crippen LogP contribution in [0.2, 0.25) is 0 Å². The first kappa shape index (κ1) is 22.7. The van der Waals surface area contributed by atoms with Crippen molar-refractivity contribution in [2.75, 3.05) is 39.8 Å². The minimum Gasteiger partial charge on any atom is -0.377 e. The molecule has 6 nitrogen and oxygen atoms in total. The van der Waals surface area contributed by atoms with Crippen molar-refractivity contribution in [1.82, 2.24) is 15.5 Å². The normalized spacial score (nSPS) is 32.2. The minimum atomic E-state index is 0. The highest BCUT2D eigenvalue weighted by Crippen LogP contribution is 2.36. The zero-order chi connectivity index (χ0) is 18.8. The first-order valence-corrected chi connectivity index (χ1v) is 10.2. The molecule has 3 aliphatic heterocycles. The van der Waals surface area contributed by atoms with E-state index in [0.717, 1.165) is 58.0 Å². The van der Waals surface area contributed by atoms with E-state index in [1.165, 1.54) is 6.42 Å². The third-order valence-corrected chi connectivity index (χ3v) is 6.19. The lowest BCUT2D eigenvalue weighted by Crippen LogP contribution is -2.53. The molecular formula is C20H37IN4O2. The summed E-state index contributed by atoms with van der Waals surface area (Å²) in [4.78, 5) is 18.6. The van der Waals surface area contributed by atoms with Crippen molar-refractivity contribution in [2.45, 2.75) is 59.0 Å². The smallest absolute Gasteiger partial charge is 0.220 e. The van der Waals surface area contributed by atoms with Gasteiger partial charge in [0.05, 0.1) is 6.10 Å². The van der Waals surface area contributed by atoms with E-state index in [1.54, 1.807) is 0 Å². The lowest BCUT2D eigenvalue weighted by molar-refractivity contribution is -0.119. The van der Waals surface area contributed by atoms with E-state index in [4.69, 9.17) is 4.74 Å². The highest BCUT2D eigenvalue weighted by Gasteiger charge is 2.42. The second-order valence-electron chi connectivity index (χ2n) is 9.47. The van der Waals surface area contributed by atoms with E-state index in [0.29, 0.717) is 12.3 Å². The van der Waals surface area contributed by atoms with Gasteiger partial charge in [-0.1, -0.05) is 20.8 Å². The van der Waals surface area contributed by atoms with Gasteiger partial charge in [-0.25, -0.2) is 0 Å². The second kappa shape index (κ2) is 9.29. The topological polar surface area (TPSA) is 66.0 Å². The molecule has 3 heterocycles. The van der Waals surface area contributed by atoms with Crippen LogP contribution in [0.3, 0.4) is 0 Å². The van der Waals surface area contributed by atoms with Crippen LogP contribution in [-0.2, 0) is 9.53 Å². The third kappa shape index (κ3) is 5.49. The molecule has 0 aromatic rings. The molecule has 0 aromatic heterocycles. The summed E-state index contributed by atoms with van der Waals surface area (Å²) >= 11 is 0. The van der Waals surface area contributed by atoms with Crippen molar-refractivity contribution < 1.29 is 9.53 Å². The highest BCUT2D eigenvalue weighted by molar-refractivity contribution is 14.0. The van der Waals surface area contributed by atoms with E-state index >= 15 is 0 Å². The van der Waals surface area contributed by atoms with Crippen molar-refractivity contribution in [3.05, 3.63) is 0 Å². The molecule has 156 valence electrons. The number of hydrogen-bond acceptors (Lipinski definition) is 3. The molecule has 3 rings (SSSR count). The second-order valence-corrected chi connectivity index (χ2v) is 9.47. The number of likely N-dealkylation sites (tertiary alicyclic amines) is 1. The number of guanidine groups is 1. The molecule has 0 aromatic carbocycles. The number of carbonyl (C=O) groups is 1. The molecule has 27 heavy (non-hydrogen) atoms. The van der Waals surface area contributed by atoms with E-state index in [1.807, 2.05) is 7.05 Å². The Morgan fingerprint density at radius 1 is 1.41 bits per heavy atom. The van der Waals surface area contributed by atoms with Crippen LogP contribution in [-0.4, -0.2) is 62.7 Å². The molecule has 3 saturated heterocycles. The molecule has 0 radical (unpaired) electrons. The summed E-state index contributed by atoms with van der Waals surface area (Å²) in [5, 5.41) is 6.64. The Hall–Kier alpha value is -0.570. The third-order valence-electron chi connectivity index (χ3n) is 6.19. The van der Waals surface area contributed by atoms with Crippen LogP contribution >= 0.6 is 24.0 Å². The Labute approximate surface area is 181 Å². The van der Waals surface area contributed by atoms with Gasteiger partial charge in [0.15, 0.2) is 5.96 Å². The highest BCUT2D eigenvalue weighted by atomic mass is 127. The molecule has 2 N–H and O–H groups in total. The van der Waals surface area contributed by atoms with Gasteiger partial charge in [0, 0.05) is 57.6 Å². The van der Waals surface area contributed by atoms with Gasteiger partial charge >= 0.3 is 0 Å². The molecule has 3 fully saturated rings. The molecule has 0 saturated carbocycles. The maximum atomic E-state index is 11.7. The van der Waals surface area contributed by atoms with E-state index in [-0.39, 0.29) is 46.8 Å². The molecule has 3 unspecified atom stereocenters. The largest absolute Gasteiger partial charge is 0.377 e. The first-order valence-electron chi connectivity index (χ1n) is 10.2. The molecule has 3 aliphatic rings. The SMILES string of the molecule is CN=C(NCC1CCCOC1C(C)(C)C)N1CCCC2(CNC(=O)C2)C1.I. The van der Waals surface area contributed by atoms with Crippen molar-refractivity contribution >= 4 is 35.8 Å². The van der Waals surface area contributed by atoms with Gasteiger partial charge in [-0.2, -0.15) is 0 Å². The number of ether oxygens (including phenoxy) is 1. The maximum absolute atomic E-state index is 11.7. The predicted molar refractivity (Wildman–Crippen MR) is 120 cm³/mol. The van der Waals surface area contributed by atoms with Crippen molar-refractivity contribution in [2.24, 2.45) is 21.7 Å². The van der Waals surface area contributed by atoms with Crippen LogP contribution in [0.25, 0.3) is 0 Å². The quantitative estimate of drug-likeness (QED) is 0.354. The molecule has 3 atom stereocenters. The van der Waals surface area contributed by atoms with Gasteiger partial charge in [0.25, 0.3) is 0 Å². The molecule has 0 aliphatic carbocycles. The van der Waals surface area contributed by atoms with Crippen molar-refractivity contribution in [1.29, 1.82) is 0 Å². The summed E-state index contributed by atoms with van der Waals surface area (Å²) in [6.45, 7) is 11.3. The monoisotopic (exact) mass is 492 g/mol. The van der Waals surface area contributed by atoms with Crippen LogP contribution in [0.1, 0.15) is 52.9 Å². The number of amides is 1. The molecule has 1 amide bonds. The van der Waals surface area contributed by atoms with Crippen molar-refractivity contribution in [3.63, 3.8) is 0 Å². The maximum Gasteiger partial charge on any atom is 0.220 e. The number of rotatable bonds is 2. The fraction of sp³-hybridized carbons (Fsp3) is 0.900. The summed E-state index contributed by atoms with van der Waals surface area (Å²) in [5.41, 5.74) is 0.246. The fourth-order valence-corrected chi connectivity index (χ4v) is 4.99. The van der Waals surface area contributed by atoms with Gasteiger partial charge in [0.2, 0.25) is 5.91 Å². The van der Waals surface area contributed by atoms with Crippen molar-refractivity contribution in [3.8, 4) is 0 Å². The Bertz CT molecular complexity index is 549. The Kier molecular flexibility index (Phi) is 7.81. The summed E-state index contributed by atoms with van der Waals surface area (Å²) in [6, 6.07) is 0. The van der Waals surface area contributed by atoms with Gasteiger partial charge in [-0.3, -0.25) is 9.79 Å². The van der Waals surface area contributed by atoms with Crippen LogP contribution in [0, 0.1) is 16.7 Å². The van der Waals surface area contributed by atoms with Gasteiger partial charge < -0.3 is 20.3 Å². The molecule has 7 heteroatoms. The van der Waals surface area contributed by atoms with E-state index < -0.39 is 0 Å². The fourth-order valence-electron chi connectivity index (χ4n) is 4.99. The summed E-state index contributed by atoms with van der Waals surface area (Å²) < 4.78 is 6.12.